The number of hydrogen-bond acceptors (Lipinski definition) is 4. The molecule has 0 saturated carbocycles. The van der Waals surface area contributed by atoms with Crippen LogP contribution in [0.4, 0.5) is 17.2 Å². The maximum absolute atomic E-state index is 12.4. The molecule has 0 radical (unpaired) electrons. The Morgan fingerprint density at radius 3 is 2.71 bits per heavy atom. The van der Waals surface area contributed by atoms with E-state index in [0.717, 1.165) is 17.9 Å². The van der Waals surface area contributed by atoms with Crippen LogP contribution in [-0.2, 0) is 4.79 Å². The molecule has 124 valence electrons. The standard InChI is InChI=1S/C18H20N4O2/c1-21(2)16-9-8-14(12-19-16)20-18(24)13-5-3-6-15(11-13)22-10-4-7-17(22)23/h3,5-6,8-9,11-12H,4,7,10H2,1-2H3,(H,20,24). The van der Waals surface area contributed by atoms with Gasteiger partial charge in [0, 0.05) is 38.3 Å². The number of amides is 2. The van der Waals surface area contributed by atoms with Crippen molar-refractivity contribution in [3.8, 4) is 0 Å². The van der Waals surface area contributed by atoms with E-state index in [9.17, 15) is 9.59 Å². The first-order chi connectivity index (χ1) is 11.5. The lowest BCUT2D eigenvalue weighted by Crippen LogP contribution is -2.24. The van der Waals surface area contributed by atoms with Crippen molar-refractivity contribution in [2.75, 3.05) is 35.8 Å². The highest BCUT2D eigenvalue weighted by Gasteiger charge is 2.22. The second-order valence-corrected chi connectivity index (χ2v) is 5.95. The summed E-state index contributed by atoms with van der Waals surface area (Å²) in [5.74, 6) is 0.710. The van der Waals surface area contributed by atoms with E-state index in [4.69, 9.17) is 0 Å². The molecule has 2 aromatic rings. The number of hydrogen-bond donors (Lipinski definition) is 1. The summed E-state index contributed by atoms with van der Waals surface area (Å²) < 4.78 is 0. The number of anilines is 3. The lowest BCUT2D eigenvalue weighted by molar-refractivity contribution is -0.117. The van der Waals surface area contributed by atoms with Crippen molar-refractivity contribution in [3.63, 3.8) is 0 Å². The average Bonchev–Trinajstić information content (AvgIpc) is 3.01. The van der Waals surface area contributed by atoms with Gasteiger partial charge in [-0.2, -0.15) is 0 Å². The quantitative estimate of drug-likeness (QED) is 0.938. The summed E-state index contributed by atoms with van der Waals surface area (Å²) in [4.78, 5) is 32.2. The van der Waals surface area contributed by atoms with Gasteiger partial charge in [-0.3, -0.25) is 9.59 Å². The molecule has 0 atom stereocenters. The molecule has 6 heteroatoms. The van der Waals surface area contributed by atoms with E-state index in [-0.39, 0.29) is 11.8 Å². The zero-order valence-corrected chi connectivity index (χ0v) is 13.8. The minimum Gasteiger partial charge on any atom is -0.363 e. The average molecular weight is 324 g/mol. The number of benzene rings is 1. The van der Waals surface area contributed by atoms with Crippen LogP contribution in [0.5, 0.6) is 0 Å². The highest BCUT2D eigenvalue weighted by atomic mass is 16.2. The van der Waals surface area contributed by atoms with Crippen LogP contribution in [0, 0.1) is 0 Å². The van der Waals surface area contributed by atoms with E-state index in [1.807, 2.05) is 37.2 Å². The van der Waals surface area contributed by atoms with E-state index in [2.05, 4.69) is 10.3 Å². The molecule has 1 saturated heterocycles. The number of pyridine rings is 1. The summed E-state index contributed by atoms with van der Waals surface area (Å²) in [6, 6.07) is 10.8. The molecule has 1 fully saturated rings. The highest BCUT2D eigenvalue weighted by Crippen LogP contribution is 2.22. The molecule has 1 aromatic heterocycles. The first-order valence-corrected chi connectivity index (χ1v) is 7.90. The van der Waals surface area contributed by atoms with Crippen LogP contribution in [0.3, 0.4) is 0 Å². The number of rotatable bonds is 4. The monoisotopic (exact) mass is 324 g/mol. The fourth-order valence-corrected chi connectivity index (χ4v) is 2.66. The topological polar surface area (TPSA) is 65.5 Å². The van der Waals surface area contributed by atoms with Crippen LogP contribution < -0.4 is 15.1 Å². The Bertz CT molecular complexity index is 756. The predicted octanol–water partition coefficient (Wildman–Crippen LogP) is 2.53. The number of nitrogens with one attached hydrogen (secondary N) is 1. The molecule has 2 heterocycles. The molecular weight excluding hydrogens is 304 g/mol. The van der Waals surface area contributed by atoms with Crippen LogP contribution in [0.25, 0.3) is 0 Å². The zero-order chi connectivity index (χ0) is 17.1. The molecule has 24 heavy (non-hydrogen) atoms. The lowest BCUT2D eigenvalue weighted by atomic mass is 10.1. The molecule has 1 aromatic carbocycles. The van der Waals surface area contributed by atoms with Crippen LogP contribution in [0.15, 0.2) is 42.6 Å². The number of carbonyl (C=O) groups excluding carboxylic acids is 2. The second-order valence-electron chi connectivity index (χ2n) is 5.95. The molecule has 0 bridgehead atoms. The Kier molecular flexibility index (Phi) is 4.46. The van der Waals surface area contributed by atoms with Gasteiger partial charge in [0.2, 0.25) is 5.91 Å². The van der Waals surface area contributed by atoms with Gasteiger partial charge < -0.3 is 15.1 Å². The fourth-order valence-electron chi connectivity index (χ4n) is 2.66. The third-order valence-corrected chi connectivity index (χ3v) is 3.96. The molecule has 1 N–H and O–H groups in total. The molecular formula is C18H20N4O2. The highest BCUT2D eigenvalue weighted by molar-refractivity contribution is 6.05. The summed E-state index contributed by atoms with van der Waals surface area (Å²) in [7, 11) is 3.82. The zero-order valence-electron chi connectivity index (χ0n) is 13.8. The number of aromatic nitrogens is 1. The molecule has 1 aliphatic rings. The predicted molar refractivity (Wildman–Crippen MR) is 94.5 cm³/mol. The molecule has 0 aliphatic carbocycles. The van der Waals surface area contributed by atoms with E-state index in [0.29, 0.717) is 24.2 Å². The van der Waals surface area contributed by atoms with Crippen molar-refractivity contribution in [3.05, 3.63) is 48.2 Å². The minimum atomic E-state index is -0.220. The van der Waals surface area contributed by atoms with Crippen molar-refractivity contribution >= 4 is 29.0 Å². The summed E-state index contributed by atoms with van der Waals surface area (Å²) in [6.07, 6.45) is 3.06. The van der Waals surface area contributed by atoms with E-state index in [1.165, 1.54) is 0 Å². The summed E-state index contributed by atoms with van der Waals surface area (Å²) >= 11 is 0. The molecule has 0 spiro atoms. The van der Waals surface area contributed by atoms with Gasteiger partial charge in [0.1, 0.15) is 5.82 Å². The van der Waals surface area contributed by atoms with Crippen LogP contribution in [-0.4, -0.2) is 37.4 Å². The van der Waals surface area contributed by atoms with Crippen molar-refractivity contribution < 1.29 is 9.59 Å². The summed E-state index contributed by atoms with van der Waals surface area (Å²) in [5.41, 5.74) is 1.92. The van der Waals surface area contributed by atoms with Gasteiger partial charge in [-0.15, -0.1) is 0 Å². The first-order valence-electron chi connectivity index (χ1n) is 7.90. The maximum Gasteiger partial charge on any atom is 0.255 e. The van der Waals surface area contributed by atoms with Crippen LogP contribution in [0.2, 0.25) is 0 Å². The van der Waals surface area contributed by atoms with Crippen molar-refractivity contribution in [1.29, 1.82) is 0 Å². The second kappa shape index (κ2) is 6.70. The minimum absolute atomic E-state index is 0.107. The molecule has 2 amide bonds. The van der Waals surface area contributed by atoms with Gasteiger partial charge >= 0.3 is 0 Å². The summed E-state index contributed by atoms with van der Waals surface area (Å²) in [5, 5.41) is 2.83. The Morgan fingerprint density at radius 2 is 2.08 bits per heavy atom. The van der Waals surface area contributed by atoms with Gasteiger partial charge in [0.15, 0.2) is 0 Å². The van der Waals surface area contributed by atoms with E-state index >= 15 is 0 Å². The third kappa shape index (κ3) is 3.37. The van der Waals surface area contributed by atoms with Crippen molar-refractivity contribution in [2.24, 2.45) is 0 Å². The Morgan fingerprint density at radius 1 is 1.25 bits per heavy atom. The van der Waals surface area contributed by atoms with Gasteiger partial charge in [0.05, 0.1) is 11.9 Å². The largest absolute Gasteiger partial charge is 0.363 e. The normalized spacial score (nSPS) is 13.9. The van der Waals surface area contributed by atoms with E-state index < -0.39 is 0 Å². The van der Waals surface area contributed by atoms with Crippen molar-refractivity contribution in [2.45, 2.75) is 12.8 Å². The summed E-state index contributed by atoms with van der Waals surface area (Å²) in [6.45, 7) is 0.708. The van der Waals surface area contributed by atoms with Gasteiger partial charge in [0.25, 0.3) is 5.91 Å². The molecule has 1 aliphatic heterocycles. The first kappa shape index (κ1) is 16.0. The van der Waals surface area contributed by atoms with Gasteiger partial charge in [-0.1, -0.05) is 6.07 Å². The van der Waals surface area contributed by atoms with Crippen LogP contribution in [0.1, 0.15) is 23.2 Å². The lowest BCUT2D eigenvalue weighted by Gasteiger charge is -2.16. The molecule has 3 rings (SSSR count). The molecule has 6 nitrogen and oxygen atoms in total. The van der Waals surface area contributed by atoms with Crippen molar-refractivity contribution in [1.82, 2.24) is 4.98 Å². The van der Waals surface area contributed by atoms with E-state index in [1.54, 1.807) is 29.3 Å². The number of nitrogens with zero attached hydrogens (tertiary/aromatic N) is 3. The Hall–Kier alpha value is -2.89. The van der Waals surface area contributed by atoms with Gasteiger partial charge in [-0.05, 0) is 36.8 Å². The van der Waals surface area contributed by atoms with Crippen LogP contribution >= 0.6 is 0 Å². The smallest absolute Gasteiger partial charge is 0.255 e. The molecule has 0 unspecified atom stereocenters. The Labute approximate surface area is 141 Å². The van der Waals surface area contributed by atoms with Gasteiger partial charge in [-0.25, -0.2) is 4.98 Å². The maximum atomic E-state index is 12.4. The fraction of sp³-hybridized carbons (Fsp3) is 0.278. The SMILES string of the molecule is CN(C)c1ccc(NC(=O)c2cccc(N3CCCC3=O)c2)cn1. The Balaban J connectivity index is 1.74. The third-order valence-electron chi connectivity index (χ3n) is 3.96. The number of carbonyl (C=O) groups is 2.